The van der Waals surface area contributed by atoms with Crippen molar-refractivity contribution in [3.05, 3.63) is 29.8 Å². The molecule has 2 aromatic heterocycles. The molecule has 2 rings (SSSR count). The highest BCUT2D eigenvalue weighted by Gasteiger charge is 2.14. The molecule has 2 aromatic rings. The van der Waals surface area contributed by atoms with Gasteiger partial charge in [-0.05, 0) is 18.6 Å². The summed E-state index contributed by atoms with van der Waals surface area (Å²) in [5.74, 6) is 0.597. The Morgan fingerprint density at radius 3 is 2.95 bits per heavy atom. The Balaban J connectivity index is 2.14. The summed E-state index contributed by atoms with van der Waals surface area (Å²) in [5.41, 5.74) is 0.437. The Morgan fingerprint density at radius 2 is 2.26 bits per heavy atom. The average molecular weight is 261 g/mol. The van der Waals surface area contributed by atoms with Crippen LogP contribution in [0.2, 0.25) is 0 Å². The van der Waals surface area contributed by atoms with E-state index < -0.39 is 0 Å². The van der Waals surface area contributed by atoms with Crippen molar-refractivity contribution in [1.82, 2.24) is 15.2 Å². The maximum absolute atomic E-state index is 12.1. The van der Waals surface area contributed by atoms with Crippen LogP contribution in [0, 0.1) is 6.92 Å². The number of pyridine rings is 1. The molecule has 0 radical (unpaired) electrons. The minimum Gasteiger partial charge on any atom is -0.408 e. The van der Waals surface area contributed by atoms with Crippen LogP contribution >= 0.6 is 0 Å². The zero-order chi connectivity index (χ0) is 13.7. The summed E-state index contributed by atoms with van der Waals surface area (Å²) in [7, 11) is 0. The summed E-state index contributed by atoms with van der Waals surface area (Å²) in [5, 5.41) is 13.0. The number of nitrogens with zero attached hydrogens (tertiary/aromatic N) is 3. The van der Waals surface area contributed by atoms with Gasteiger partial charge in [0.05, 0.1) is 5.56 Å². The Bertz CT molecular complexity index is 567. The predicted molar refractivity (Wildman–Crippen MR) is 70.0 cm³/mol. The van der Waals surface area contributed by atoms with E-state index in [2.05, 4.69) is 25.8 Å². The van der Waals surface area contributed by atoms with Gasteiger partial charge in [-0.2, -0.15) is 0 Å². The van der Waals surface area contributed by atoms with Crippen molar-refractivity contribution in [2.75, 3.05) is 17.2 Å². The Morgan fingerprint density at radius 1 is 1.42 bits per heavy atom. The summed E-state index contributed by atoms with van der Waals surface area (Å²) in [6.45, 7) is 4.44. The van der Waals surface area contributed by atoms with Crippen molar-refractivity contribution in [2.24, 2.45) is 0 Å². The topological polar surface area (TPSA) is 92.9 Å². The highest BCUT2D eigenvalue weighted by Crippen LogP contribution is 2.14. The van der Waals surface area contributed by atoms with Gasteiger partial charge >= 0.3 is 6.01 Å². The van der Waals surface area contributed by atoms with Crippen LogP contribution in [0.4, 0.5) is 11.8 Å². The van der Waals surface area contributed by atoms with Gasteiger partial charge in [-0.15, -0.1) is 5.10 Å². The van der Waals surface area contributed by atoms with E-state index in [0.717, 1.165) is 13.0 Å². The third-order valence-corrected chi connectivity index (χ3v) is 2.34. The SMILES string of the molecule is CCCNc1ncccc1C(=O)Nc1nnc(C)o1. The quantitative estimate of drug-likeness (QED) is 0.853. The first kappa shape index (κ1) is 13.0. The monoisotopic (exact) mass is 261 g/mol. The lowest BCUT2D eigenvalue weighted by atomic mass is 10.2. The fraction of sp³-hybridized carbons (Fsp3) is 0.333. The molecule has 0 aliphatic rings. The highest BCUT2D eigenvalue weighted by molar-refractivity contribution is 6.06. The molecule has 0 saturated carbocycles. The Kier molecular flexibility index (Phi) is 4.07. The second-order valence-corrected chi connectivity index (χ2v) is 3.91. The van der Waals surface area contributed by atoms with Crippen LogP contribution in [0.5, 0.6) is 0 Å². The maximum atomic E-state index is 12.1. The van der Waals surface area contributed by atoms with Crippen molar-refractivity contribution >= 4 is 17.7 Å². The van der Waals surface area contributed by atoms with Gasteiger partial charge in [0.2, 0.25) is 5.89 Å². The molecule has 2 N–H and O–H groups in total. The number of hydrogen-bond acceptors (Lipinski definition) is 6. The van der Waals surface area contributed by atoms with E-state index in [0.29, 0.717) is 17.3 Å². The van der Waals surface area contributed by atoms with Gasteiger partial charge in [-0.3, -0.25) is 10.1 Å². The fourth-order valence-electron chi connectivity index (χ4n) is 1.48. The lowest BCUT2D eigenvalue weighted by molar-refractivity contribution is 0.102. The fourth-order valence-corrected chi connectivity index (χ4v) is 1.48. The van der Waals surface area contributed by atoms with Crippen LogP contribution in [0.3, 0.4) is 0 Å². The Labute approximate surface area is 110 Å². The number of nitrogens with one attached hydrogen (secondary N) is 2. The van der Waals surface area contributed by atoms with Gasteiger partial charge in [0.1, 0.15) is 5.82 Å². The average Bonchev–Trinajstić information content (AvgIpc) is 2.82. The summed E-state index contributed by atoms with van der Waals surface area (Å²) in [4.78, 5) is 16.2. The number of anilines is 2. The second-order valence-electron chi connectivity index (χ2n) is 3.91. The molecule has 0 aliphatic carbocycles. The van der Waals surface area contributed by atoms with Crippen LogP contribution < -0.4 is 10.6 Å². The molecule has 0 aromatic carbocycles. The van der Waals surface area contributed by atoms with Crippen LogP contribution in [0.15, 0.2) is 22.7 Å². The summed E-state index contributed by atoms with van der Waals surface area (Å²) < 4.78 is 5.10. The number of hydrogen-bond donors (Lipinski definition) is 2. The normalized spacial score (nSPS) is 10.2. The van der Waals surface area contributed by atoms with Crippen LogP contribution in [-0.4, -0.2) is 27.6 Å². The molecule has 0 unspecified atom stereocenters. The number of amides is 1. The lowest BCUT2D eigenvalue weighted by Crippen LogP contribution is -2.16. The van der Waals surface area contributed by atoms with Crippen molar-refractivity contribution < 1.29 is 9.21 Å². The molecule has 0 atom stereocenters. The molecule has 19 heavy (non-hydrogen) atoms. The molecule has 7 nitrogen and oxygen atoms in total. The summed E-state index contributed by atoms with van der Waals surface area (Å²) >= 11 is 0. The Hall–Kier alpha value is -2.44. The van der Waals surface area contributed by atoms with E-state index in [9.17, 15) is 4.79 Å². The van der Waals surface area contributed by atoms with Gasteiger partial charge in [0, 0.05) is 19.7 Å². The second kappa shape index (κ2) is 5.94. The summed E-state index contributed by atoms with van der Waals surface area (Å²) in [6.07, 6.45) is 2.58. The molecule has 2 heterocycles. The van der Waals surface area contributed by atoms with Crippen LogP contribution in [0.25, 0.3) is 0 Å². The highest BCUT2D eigenvalue weighted by atomic mass is 16.4. The molecule has 0 fully saturated rings. The summed E-state index contributed by atoms with van der Waals surface area (Å²) in [6, 6.07) is 3.46. The van der Waals surface area contributed by atoms with Crippen molar-refractivity contribution in [3.63, 3.8) is 0 Å². The third-order valence-electron chi connectivity index (χ3n) is 2.34. The molecule has 0 aliphatic heterocycles. The molecular formula is C12H15N5O2. The largest absolute Gasteiger partial charge is 0.408 e. The van der Waals surface area contributed by atoms with E-state index in [-0.39, 0.29) is 11.9 Å². The lowest BCUT2D eigenvalue weighted by Gasteiger charge is -2.08. The minimum atomic E-state index is -0.338. The maximum Gasteiger partial charge on any atom is 0.322 e. The standard InChI is InChI=1S/C12H15N5O2/c1-3-6-13-10-9(5-4-7-14-10)11(18)15-12-17-16-8(2)19-12/h4-5,7H,3,6H2,1-2H3,(H,13,14)(H,15,17,18). The van der Waals surface area contributed by atoms with Gasteiger partial charge in [-0.25, -0.2) is 4.98 Å². The van der Waals surface area contributed by atoms with E-state index >= 15 is 0 Å². The van der Waals surface area contributed by atoms with E-state index in [1.54, 1.807) is 25.3 Å². The van der Waals surface area contributed by atoms with Gasteiger partial charge in [0.25, 0.3) is 5.91 Å². The van der Waals surface area contributed by atoms with Crippen LogP contribution in [0.1, 0.15) is 29.6 Å². The van der Waals surface area contributed by atoms with Gasteiger partial charge in [-0.1, -0.05) is 12.0 Å². The molecular weight excluding hydrogens is 246 g/mol. The number of rotatable bonds is 5. The van der Waals surface area contributed by atoms with E-state index in [1.807, 2.05) is 6.92 Å². The number of carbonyl (C=O) groups is 1. The molecule has 1 amide bonds. The predicted octanol–water partition coefficient (Wildman–Crippen LogP) is 1.85. The molecule has 0 saturated heterocycles. The van der Waals surface area contributed by atoms with Crippen molar-refractivity contribution in [3.8, 4) is 0 Å². The molecule has 100 valence electrons. The van der Waals surface area contributed by atoms with E-state index in [4.69, 9.17) is 4.42 Å². The number of aryl methyl sites for hydroxylation is 1. The molecule has 0 bridgehead atoms. The smallest absolute Gasteiger partial charge is 0.322 e. The molecule has 0 spiro atoms. The first-order valence-electron chi connectivity index (χ1n) is 6.01. The van der Waals surface area contributed by atoms with Crippen LogP contribution in [-0.2, 0) is 0 Å². The first-order chi connectivity index (χ1) is 9.20. The van der Waals surface area contributed by atoms with Gasteiger partial charge in [0.15, 0.2) is 0 Å². The first-order valence-corrected chi connectivity index (χ1v) is 6.01. The third kappa shape index (κ3) is 3.27. The number of carbonyl (C=O) groups excluding carboxylic acids is 1. The minimum absolute atomic E-state index is 0.0767. The van der Waals surface area contributed by atoms with Gasteiger partial charge < -0.3 is 9.73 Å². The molecule has 7 heteroatoms. The zero-order valence-corrected chi connectivity index (χ0v) is 10.8. The number of aromatic nitrogens is 3. The van der Waals surface area contributed by atoms with E-state index in [1.165, 1.54) is 0 Å². The zero-order valence-electron chi connectivity index (χ0n) is 10.8. The van der Waals surface area contributed by atoms with Crippen molar-refractivity contribution in [2.45, 2.75) is 20.3 Å². The van der Waals surface area contributed by atoms with Crippen molar-refractivity contribution in [1.29, 1.82) is 0 Å².